The van der Waals surface area contributed by atoms with Gasteiger partial charge in [-0.3, -0.25) is 0 Å². The number of allylic oxidation sites excluding steroid dienone is 3. The summed E-state index contributed by atoms with van der Waals surface area (Å²) < 4.78 is 1.19. The van der Waals surface area contributed by atoms with Gasteiger partial charge in [0.25, 0.3) is 0 Å². The zero-order valence-electron chi connectivity index (χ0n) is 17.4. The van der Waals surface area contributed by atoms with Gasteiger partial charge in [-0.25, -0.2) is 0 Å². The molecule has 1 heterocycles. The molecule has 151 valence electrons. The third kappa shape index (κ3) is 4.34. The third-order valence-corrected chi connectivity index (χ3v) is 6.44. The van der Waals surface area contributed by atoms with Gasteiger partial charge in [0.2, 0.25) is 0 Å². The molecule has 1 aliphatic carbocycles. The molecule has 2 aromatic carbocycles. The molecule has 3 heteroatoms. The Morgan fingerprint density at radius 3 is 2.70 bits per heavy atom. The number of aryl methyl sites for hydroxylation is 2. The number of hydrogen-bond donors (Lipinski definition) is 1. The molecule has 0 saturated heterocycles. The average Bonchev–Trinajstić information content (AvgIpc) is 3.14. The van der Waals surface area contributed by atoms with E-state index < -0.39 is 0 Å². The van der Waals surface area contributed by atoms with Crippen LogP contribution >= 0.6 is 0 Å². The number of nitrogens with zero attached hydrogens (tertiary/aromatic N) is 1. The van der Waals surface area contributed by atoms with Gasteiger partial charge in [-0.1, -0.05) is 0 Å². The van der Waals surface area contributed by atoms with Crippen LogP contribution in [0.3, 0.4) is 0 Å². The van der Waals surface area contributed by atoms with Crippen molar-refractivity contribution in [2.45, 2.75) is 39.2 Å². The number of hydrogen-bond acceptors (Lipinski definition) is 2. The van der Waals surface area contributed by atoms with E-state index >= 15 is 0 Å². The van der Waals surface area contributed by atoms with Crippen molar-refractivity contribution in [1.29, 1.82) is 0 Å². The molecule has 0 bridgehead atoms. The second-order valence-corrected chi connectivity index (χ2v) is 8.91. The SMILES string of the molecule is C=CCc1ccc([Se])cc1CCc1cc2c(c(-c3ccnc(CN)c3)c1)CC=C2C. The first-order chi connectivity index (χ1) is 14.6. The van der Waals surface area contributed by atoms with Crippen LogP contribution in [-0.4, -0.2) is 21.0 Å². The van der Waals surface area contributed by atoms with E-state index in [1.807, 2.05) is 12.3 Å². The van der Waals surface area contributed by atoms with Gasteiger partial charge in [-0.2, -0.15) is 0 Å². The van der Waals surface area contributed by atoms with Crippen molar-refractivity contribution >= 4 is 26.0 Å². The molecular weight excluding hydrogens is 431 g/mol. The molecule has 2 nitrogen and oxygen atoms in total. The molecular formula is C27H27N2Se. The van der Waals surface area contributed by atoms with E-state index in [1.54, 1.807) is 0 Å². The monoisotopic (exact) mass is 459 g/mol. The summed E-state index contributed by atoms with van der Waals surface area (Å²) in [5, 5.41) is 0. The zero-order chi connectivity index (χ0) is 21.1. The molecule has 2 N–H and O–H groups in total. The normalized spacial score (nSPS) is 12.5. The van der Waals surface area contributed by atoms with E-state index in [4.69, 9.17) is 5.73 Å². The minimum atomic E-state index is 0.462. The standard InChI is InChI=1S/C27H27N2Se/c1-3-4-20-8-9-24(30)16-21(20)7-6-19-13-26-18(2)5-10-25(26)27(14-19)22-11-12-29-23(15-22)17-28/h3,5,8-9,11-16H,1,4,6-7,10,17,28H2,2H3. The van der Waals surface area contributed by atoms with Gasteiger partial charge in [-0.15, -0.1) is 0 Å². The first-order valence-electron chi connectivity index (χ1n) is 10.5. The van der Waals surface area contributed by atoms with Crippen LogP contribution in [0.1, 0.15) is 40.4 Å². The van der Waals surface area contributed by atoms with Gasteiger partial charge in [0.15, 0.2) is 0 Å². The summed E-state index contributed by atoms with van der Waals surface area (Å²) in [6.45, 7) is 6.60. The number of rotatable bonds is 7. The predicted molar refractivity (Wildman–Crippen MR) is 128 cm³/mol. The summed E-state index contributed by atoms with van der Waals surface area (Å²) in [6.07, 6.45) is 10.1. The van der Waals surface area contributed by atoms with Gasteiger partial charge in [0.05, 0.1) is 0 Å². The third-order valence-electron chi connectivity index (χ3n) is 5.91. The molecule has 0 spiro atoms. The van der Waals surface area contributed by atoms with Gasteiger partial charge >= 0.3 is 182 Å². The van der Waals surface area contributed by atoms with Crippen LogP contribution in [0.15, 0.2) is 67.4 Å². The average molecular weight is 458 g/mol. The second kappa shape index (κ2) is 9.14. The molecule has 0 amide bonds. The Balaban J connectivity index is 1.70. The fourth-order valence-corrected chi connectivity index (χ4v) is 4.74. The fraction of sp³-hybridized carbons (Fsp3) is 0.222. The minimum absolute atomic E-state index is 0.462. The van der Waals surface area contributed by atoms with Gasteiger partial charge in [0, 0.05) is 0 Å². The molecule has 0 fully saturated rings. The Hall–Kier alpha value is -2.45. The number of pyridine rings is 1. The summed E-state index contributed by atoms with van der Waals surface area (Å²) in [5.74, 6) is 0. The molecule has 30 heavy (non-hydrogen) atoms. The molecule has 3 aromatic rings. The van der Waals surface area contributed by atoms with Gasteiger partial charge in [0.1, 0.15) is 0 Å². The van der Waals surface area contributed by atoms with Crippen LogP contribution in [0, 0.1) is 0 Å². The summed E-state index contributed by atoms with van der Waals surface area (Å²) in [5.41, 5.74) is 17.6. The fourth-order valence-electron chi connectivity index (χ4n) is 4.30. The quantitative estimate of drug-likeness (QED) is 0.419. The van der Waals surface area contributed by atoms with Crippen molar-refractivity contribution in [3.8, 4) is 11.1 Å². The number of aromatic nitrogens is 1. The number of fused-ring (bicyclic) bond motifs is 1. The Bertz CT molecular complexity index is 1130. The van der Waals surface area contributed by atoms with E-state index in [0.717, 1.165) is 31.4 Å². The molecule has 1 radical (unpaired) electrons. The second-order valence-electron chi connectivity index (χ2n) is 7.92. The Morgan fingerprint density at radius 2 is 1.90 bits per heavy atom. The Morgan fingerprint density at radius 1 is 1.07 bits per heavy atom. The molecule has 0 unspecified atom stereocenters. The first kappa shape index (κ1) is 20.8. The molecule has 0 saturated carbocycles. The molecule has 1 aromatic heterocycles. The summed E-state index contributed by atoms with van der Waals surface area (Å²) in [7, 11) is 0. The number of nitrogens with two attached hydrogens (primary N) is 1. The van der Waals surface area contributed by atoms with E-state index in [-0.39, 0.29) is 0 Å². The maximum atomic E-state index is 5.84. The predicted octanol–water partition coefficient (Wildman–Crippen LogP) is 4.47. The van der Waals surface area contributed by atoms with Crippen molar-refractivity contribution in [1.82, 2.24) is 4.98 Å². The summed E-state index contributed by atoms with van der Waals surface area (Å²) in [4.78, 5) is 4.38. The maximum absolute atomic E-state index is 5.84. The van der Waals surface area contributed by atoms with E-state index in [0.29, 0.717) is 6.54 Å². The summed E-state index contributed by atoms with van der Waals surface area (Å²) in [6, 6.07) is 15.6. The topological polar surface area (TPSA) is 38.9 Å². The van der Waals surface area contributed by atoms with Gasteiger partial charge in [-0.05, 0) is 0 Å². The van der Waals surface area contributed by atoms with Crippen LogP contribution in [-0.2, 0) is 32.2 Å². The van der Waals surface area contributed by atoms with E-state index in [9.17, 15) is 0 Å². The zero-order valence-corrected chi connectivity index (χ0v) is 19.2. The Kier molecular flexibility index (Phi) is 6.34. The van der Waals surface area contributed by atoms with Crippen LogP contribution in [0.2, 0.25) is 0 Å². The van der Waals surface area contributed by atoms with Crippen molar-refractivity contribution < 1.29 is 0 Å². The van der Waals surface area contributed by atoms with Crippen molar-refractivity contribution in [2.24, 2.45) is 5.73 Å². The van der Waals surface area contributed by atoms with Crippen LogP contribution in [0.4, 0.5) is 0 Å². The first-order valence-corrected chi connectivity index (χ1v) is 11.3. The van der Waals surface area contributed by atoms with Crippen LogP contribution in [0.5, 0.6) is 0 Å². The van der Waals surface area contributed by atoms with Gasteiger partial charge < -0.3 is 5.73 Å². The van der Waals surface area contributed by atoms with Crippen LogP contribution in [0.25, 0.3) is 16.7 Å². The summed E-state index contributed by atoms with van der Waals surface area (Å²) >= 11 is 3.14. The van der Waals surface area contributed by atoms with Crippen molar-refractivity contribution in [3.63, 3.8) is 0 Å². The van der Waals surface area contributed by atoms with E-state index in [1.165, 1.54) is 49.0 Å². The molecule has 0 aliphatic heterocycles. The number of benzene rings is 2. The molecule has 1 aliphatic rings. The van der Waals surface area contributed by atoms with E-state index in [2.05, 4.69) is 83.0 Å². The van der Waals surface area contributed by atoms with Crippen LogP contribution < -0.4 is 10.2 Å². The molecule has 0 atom stereocenters. The molecule has 4 rings (SSSR count). The van der Waals surface area contributed by atoms with Crippen molar-refractivity contribution in [2.75, 3.05) is 0 Å². The van der Waals surface area contributed by atoms with Crippen molar-refractivity contribution in [3.05, 3.63) is 101 Å². The Labute approximate surface area is 187 Å².